The van der Waals surface area contributed by atoms with Crippen molar-refractivity contribution in [2.45, 2.75) is 25.2 Å². The average Bonchev–Trinajstić information content (AvgIpc) is 2.46. The maximum Gasteiger partial charge on any atom is 0.573 e. The number of ether oxygens (including phenoxy) is 1. The van der Waals surface area contributed by atoms with E-state index in [9.17, 15) is 18.0 Å². The summed E-state index contributed by atoms with van der Waals surface area (Å²) in [5.41, 5.74) is 5.71. The Labute approximate surface area is 158 Å². The molecule has 0 saturated carbocycles. The lowest BCUT2D eigenvalue weighted by Gasteiger charge is -2.24. The summed E-state index contributed by atoms with van der Waals surface area (Å²) in [6.45, 7) is 1.51. The van der Waals surface area contributed by atoms with Crippen LogP contribution in [0.4, 0.5) is 18.9 Å². The van der Waals surface area contributed by atoms with Gasteiger partial charge in [-0.3, -0.25) is 4.79 Å². The fraction of sp³-hybridized carbons (Fsp3) is 0.235. The molecular formula is C17H15Cl2F3N2O2. The minimum absolute atomic E-state index is 0.0967. The van der Waals surface area contributed by atoms with Gasteiger partial charge < -0.3 is 15.8 Å². The van der Waals surface area contributed by atoms with Crippen molar-refractivity contribution in [1.29, 1.82) is 0 Å². The number of amides is 1. The molecule has 0 saturated heterocycles. The first-order chi connectivity index (χ1) is 11.9. The summed E-state index contributed by atoms with van der Waals surface area (Å²) in [4.78, 5) is 12.4. The highest BCUT2D eigenvalue weighted by Gasteiger charge is 2.31. The lowest BCUT2D eigenvalue weighted by molar-refractivity contribution is -0.274. The molecule has 0 aliphatic rings. The molecule has 0 aromatic heterocycles. The summed E-state index contributed by atoms with van der Waals surface area (Å²) in [5.74, 6) is -0.843. The third-order valence-corrected chi connectivity index (χ3v) is 3.80. The lowest BCUT2D eigenvalue weighted by Crippen LogP contribution is -2.50. The van der Waals surface area contributed by atoms with Gasteiger partial charge in [0.1, 0.15) is 5.75 Å². The summed E-state index contributed by atoms with van der Waals surface area (Å²) >= 11 is 11.8. The predicted octanol–water partition coefficient (Wildman–Crippen LogP) is 4.79. The zero-order chi connectivity index (χ0) is 19.5. The van der Waals surface area contributed by atoms with Crippen LogP contribution < -0.4 is 15.8 Å². The molecule has 0 heterocycles. The van der Waals surface area contributed by atoms with Crippen molar-refractivity contribution in [3.8, 4) is 5.75 Å². The van der Waals surface area contributed by atoms with Crippen LogP contribution >= 0.6 is 23.2 Å². The number of carbonyl (C=O) groups is 1. The van der Waals surface area contributed by atoms with E-state index in [1.54, 1.807) is 0 Å². The molecule has 2 aromatic rings. The first-order valence-corrected chi connectivity index (χ1v) is 8.11. The molecule has 140 valence electrons. The van der Waals surface area contributed by atoms with Crippen LogP contribution in [-0.2, 0) is 11.2 Å². The van der Waals surface area contributed by atoms with Gasteiger partial charge in [-0.2, -0.15) is 0 Å². The predicted molar refractivity (Wildman–Crippen MR) is 94.5 cm³/mol. The Morgan fingerprint density at radius 3 is 2.15 bits per heavy atom. The standard InChI is InChI=1S/C17H15Cl2F3N2O2/c1-16(23,15(25)24-13-7-11(18)6-12(19)8-13)9-10-2-4-14(5-3-10)26-17(20,21)22/h2-8H,9,23H2,1H3,(H,24,25)/t16-/m1/s1. The molecule has 0 spiro atoms. The molecule has 2 aromatic carbocycles. The van der Waals surface area contributed by atoms with Crippen molar-refractivity contribution in [2.75, 3.05) is 5.32 Å². The van der Waals surface area contributed by atoms with E-state index in [0.29, 0.717) is 21.3 Å². The van der Waals surface area contributed by atoms with Crippen LogP contribution in [0.25, 0.3) is 0 Å². The van der Waals surface area contributed by atoms with E-state index in [1.165, 1.54) is 37.3 Å². The van der Waals surface area contributed by atoms with Gasteiger partial charge in [0.25, 0.3) is 0 Å². The molecule has 4 nitrogen and oxygen atoms in total. The van der Waals surface area contributed by atoms with E-state index >= 15 is 0 Å². The van der Waals surface area contributed by atoms with E-state index in [1.807, 2.05) is 0 Å². The van der Waals surface area contributed by atoms with Crippen molar-refractivity contribution in [3.05, 3.63) is 58.1 Å². The van der Waals surface area contributed by atoms with E-state index in [4.69, 9.17) is 28.9 Å². The highest BCUT2D eigenvalue weighted by Crippen LogP contribution is 2.25. The van der Waals surface area contributed by atoms with Crippen LogP contribution in [0, 0.1) is 0 Å². The van der Waals surface area contributed by atoms with E-state index in [0.717, 1.165) is 12.1 Å². The average molecular weight is 407 g/mol. The fourth-order valence-corrected chi connectivity index (χ4v) is 2.74. The Kier molecular flexibility index (Phi) is 6.05. The summed E-state index contributed by atoms with van der Waals surface area (Å²) in [6, 6.07) is 9.70. The summed E-state index contributed by atoms with van der Waals surface area (Å²) in [5, 5.41) is 3.33. The van der Waals surface area contributed by atoms with E-state index in [2.05, 4.69) is 10.1 Å². The van der Waals surface area contributed by atoms with Gasteiger partial charge in [-0.1, -0.05) is 35.3 Å². The first-order valence-electron chi connectivity index (χ1n) is 7.36. The number of halogens is 5. The second-order valence-electron chi connectivity index (χ2n) is 5.90. The van der Waals surface area contributed by atoms with Crippen LogP contribution in [0.15, 0.2) is 42.5 Å². The first kappa shape index (κ1) is 20.4. The van der Waals surface area contributed by atoms with Gasteiger partial charge in [-0.05, 0) is 49.2 Å². The Balaban J connectivity index is 2.06. The summed E-state index contributed by atoms with van der Waals surface area (Å²) in [7, 11) is 0. The SMILES string of the molecule is C[C@@](N)(Cc1ccc(OC(F)(F)F)cc1)C(=O)Nc1cc(Cl)cc(Cl)c1. The van der Waals surface area contributed by atoms with Gasteiger partial charge in [0.2, 0.25) is 5.91 Å². The monoisotopic (exact) mass is 406 g/mol. The van der Waals surface area contributed by atoms with Crippen LogP contribution in [0.3, 0.4) is 0 Å². The Bertz CT molecular complexity index is 773. The number of hydrogen-bond donors (Lipinski definition) is 2. The maximum absolute atomic E-state index is 12.4. The molecule has 0 radical (unpaired) electrons. The molecule has 3 N–H and O–H groups in total. The van der Waals surface area contributed by atoms with Gasteiger partial charge in [0.05, 0.1) is 5.54 Å². The zero-order valence-electron chi connectivity index (χ0n) is 13.5. The van der Waals surface area contributed by atoms with Crippen LogP contribution in [0.5, 0.6) is 5.75 Å². The second-order valence-corrected chi connectivity index (χ2v) is 6.77. The molecule has 0 fully saturated rings. The number of hydrogen-bond acceptors (Lipinski definition) is 3. The largest absolute Gasteiger partial charge is 0.573 e. The van der Waals surface area contributed by atoms with Crippen molar-refractivity contribution >= 4 is 34.8 Å². The van der Waals surface area contributed by atoms with Gasteiger partial charge in [-0.25, -0.2) is 0 Å². The van der Waals surface area contributed by atoms with E-state index < -0.39 is 17.8 Å². The normalized spacial score (nSPS) is 13.8. The van der Waals surface area contributed by atoms with Crippen molar-refractivity contribution in [2.24, 2.45) is 5.73 Å². The number of anilines is 1. The van der Waals surface area contributed by atoms with Crippen molar-refractivity contribution < 1.29 is 22.7 Å². The van der Waals surface area contributed by atoms with Gasteiger partial charge in [0.15, 0.2) is 0 Å². The minimum atomic E-state index is -4.76. The van der Waals surface area contributed by atoms with Gasteiger partial charge in [0, 0.05) is 15.7 Å². The Morgan fingerprint density at radius 1 is 1.12 bits per heavy atom. The maximum atomic E-state index is 12.4. The molecule has 26 heavy (non-hydrogen) atoms. The topological polar surface area (TPSA) is 64.3 Å². The zero-order valence-corrected chi connectivity index (χ0v) is 15.0. The molecule has 0 unspecified atom stereocenters. The quantitative estimate of drug-likeness (QED) is 0.749. The summed E-state index contributed by atoms with van der Waals surface area (Å²) in [6.07, 6.45) is -4.67. The Morgan fingerprint density at radius 2 is 1.65 bits per heavy atom. The van der Waals surface area contributed by atoms with E-state index in [-0.39, 0.29) is 12.2 Å². The van der Waals surface area contributed by atoms with Gasteiger partial charge >= 0.3 is 6.36 Å². The van der Waals surface area contributed by atoms with Crippen molar-refractivity contribution in [1.82, 2.24) is 0 Å². The third-order valence-electron chi connectivity index (χ3n) is 3.37. The molecule has 0 aliphatic carbocycles. The smallest absolute Gasteiger partial charge is 0.406 e. The summed E-state index contributed by atoms with van der Waals surface area (Å²) < 4.78 is 40.3. The van der Waals surface area contributed by atoms with Gasteiger partial charge in [-0.15, -0.1) is 13.2 Å². The fourth-order valence-electron chi connectivity index (χ4n) is 2.21. The van der Waals surface area contributed by atoms with Crippen LogP contribution in [-0.4, -0.2) is 17.8 Å². The number of alkyl halides is 3. The Hall–Kier alpha value is -1.96. The highest BCUT2D eigenvalue weighted by molar-refractivity contribution is 6.35. The number of nitrogens with two attached hydrogens (primary N) is 1. The number of carbonyl (C=O) groups excluding carboxylic acids is 1. The third kappa shape index (κ3) is 6.09. The minimum Gasteiger partial charge on any atom is -0.406 e. The molecule has 9 heteroatoms. The lowest BCUT2D eigenvalue weighted by atomic mass is 9.93. The highest BCUT2D eigenvalue weighted by atomic mass is 35.5. The molecule has 0 aliphatic heterocycles. The molecule has 1 amide bonds. The molecule has 2 rings (SSSR count). The van der Waals surface area contributed by atoms with Crippen LogP contribution in [0.1, 0.15) is 12.5 Å². The molecule has 1 atom stereocenters. The number of nitrogens with one attached hydrogen (secondary N) is 1. The number of rotatable bonds is 5. The van der Waals surface area contributed by atoms with Crippen molar-refractivity contribution in [3.63, 3.8) is 0 Å². The molecule has 0 bridgehead atoms. The second kappa shape index (κ2) is 7.73. The van der Waals surface area contributed by atoms with Crippen LogP contribution in [0.2, 0.25) is 10.0 Å². The molecular weight excluding hydrogens is 392 g/mol. The number of benzene rings is 2.